The Kier molecular flexibility index (Phi) is 5.40. The first kappa shape index (κ1) is 19.2. The number of amides is 1. The van der Waals surface area contributed by atoms with Gasteiger partial charge < -0.3 is 14.6 Å². The molecule has 3 rings (SSSR count). The number of rotatable bonds is 4. The van der Waals surface area contributed by atoms with Crippen LogP contribution in [0.3, 0.4) is 0 Å². The topological polar surface area (TPSA) is 62.5 Å². The van der Waals surface area contributed by atoms with Gasteiger partial charge in [0.1, 0.15) is 0 Å². The number of aromatic nitrogens is 1. The SMILES string of the molecule is Cc1cc(C(=O)N2CCC[C@H](C(=O)O)[C@@H]2C)c(C)n1C(C)c1ccccc1. The number of piperidine rings is 1. The minimum Gasteiger partial charge on any atom is -0.481 e. The molecule has 1 aliphatic heterocycles. The van der Waals surface area contributed by atoms with Crippen LogP contribution in [0.4, 0.5) is 0 Å². The van der Waals surface area contributed by atoms with E-state index in [4.69, 9.17) is 0 Å². The van der Waals surface area contributed by atoms with Crippen molar-refractivity contribution in [2.45, 2.75) is 52.6 Å². The molecule has 5 heteroatoms. The highest BCUT2D eigenvalue weighted by atomic mass is 16.4. The molecule has 1 aromatic heterocycles. The standard InChI is InChI=1S/C22H28N2O3/c1-14-13-20(17(4)24(14)15(2)18-9-6-5-7-10-18)21(25)23-12-8-11-19(16(23)3)22(26)27/h5-7,9-10,13,15-16,19H,8,11-12H2,1-4H3,(H,26,27)/t15?,16-,19-/m0/s1. The Labute approximate surface area is 160 Å². The maximum absolute atomic E-state index is 13.2. The van der Waals surface area contributed by atoms with Gasteiger partial charge in [0.2, 0.25) is 0 Å². The summed E-state index contributed by atoms with van der Waals surface area (Å²) in [6.45, 7) is 8.59. The zero-order valence-corrected chi connectivity index (χ0v) is 16.5. The van der Waals surface area contributed by atoms with Gasteiger partial charge in [0.15, 0.2) is 0 Å². The average molecular weight is 368 g/mol. The molecule has 0 spiro atoms. The summed E-state index contributed by atoms with van der Waals surface area (Å²) >= 11 is 0. The number of aliphatic carboxylic acids is 1. The third-order valence-electron chi connectivity index (χ3n) is 5.95. The first-order valence-electron chi connectivity index (χ1n) is 9.60. The number of nitrogens with zero attached hydrogens (tertiary/aromatic N) is 2. The van der Waals surface area contributed by atoms with Crippen LogP contribution in [0.25, 0.3) is 0 Å². The fourth-order valence-corrected chi connectivity index (χ4v) is 4.38. The van der Waals surface area contributed by atoms with Gasteiger partial charge in [-0.15, -0.1) is 0 Å². The summed E-state index contributed by atoms with van der Waals surface area (Å²) in [5, 5.41) is 9.44. The van der Waals surface area contributed by atoms with Crippen LogP contribution >= 0.6 is 0 Å². The van der Waals surface area contributed by atoms with Crippen LogP contribution in [0.15, 0.2) is 36.4 Å². The summed E-state index contributed by atoms with van der Waals surface area (Å²) in [7, 11) is 0. The number of carboxylic acids is 1. The fourth-order valence-electron chi connectivity index (χ4n) is 4.38. The van der Waals surface area contributed by atoms with E-state index in [2.05, 4.69) is 23.6 Å². The Morgan fingerprint density at radius 1 is 1.19 bits per heavy atom. The maximum atomic E-state index is 13.2. The van der Waals surface area contributed by atoms with Gasteiger partial charge in [0.05, 0.1) is 17.5 Å². The molecule has 144 valence electrons. The first-order chi connectivity index (χ1) is 12.8. The van der Waals surface area contributed by atoms with Crippen molar-refractivity contribution in [3.05, 3.63) is 58.9 Å². The molecule has 1 fully saturated rings. The Bertz CT molecular complexity index is 841. The van der Waals surface area contributed by atoms with Crippen LogP contribution in [0.5, 0.6) is 0 Å². The molecule has 27 heavy (non-hydrogen) atoms. The van der Waals surface area contributed by atoms with Gasteiger partial charge in [0, 0.05) is 24.0 Å². The fraction of sp³-hybridized carbons (Fsp3) is 0.455. The molecule has 1 amide bonds. The molecular weight excluding hydrogens is 340 g/mol. The van der Waals surface area contributed by atoms with E-state index in [9.17, 15) is 14.7 Å². The number of likely N-dealkylation sites (tertiary alicyclic amines) is 1. The molecule has 1 N–H and O–H groups in total. The molecule has 2 aromatic rings. The summed E-state index contributed by atoms with van der Waals surface area (Å²) in [5.41, 5.74) is 3.83. The molecule has 1 saturated heterocycles. The number of hydrogen-bond donors (Lipinski definition) is 1. The third kappa shape index (κ3) is 3.51. The Balaban J connectivity index is 1.92. The third-order valence-corrected chi connectivity index (χ3v) is 5.95. The lowest BCUT2D eigenvalue weighted by atomic mass is 9.90. The quantitative estimate of drug-likeness (QED) is 0.886. The van der Waals surface area contributed by atoms with Crippen molar-refractivity contribution in [2.75, 3.05) is 6.54 Å². The zero-order chi connectivity index (χ0) is 19.7. The number of aryl methyl sites for hydroxylation is 1. The molecule has 0 bridgehead atoms. The van der Waals surface area contributed by atoms with Crippen LogP contribution in [-0.4, -0.2) is 39.0 Å². The van der Waals surface area contributed by atoms with E-state index in [0.717, 1.165) is 17.8 Å². The zero-order valence-electron chi connectivity index (χ0n) is 16.5. The highest BCUT2D eigenvalue weighted by Gasteiger charge is 2.36. The van der Waals surface area contributed by atoms with Crippen molar-refractivity contribution >= 4 is 11.9 Å². The molecule has 1 aliphatic rings. The predicted octanol–water partition coefficient (Wildman–Crippen LogP) is 4.04. The van der Waals surface area contributed by atoms with E-state index >= 15 is 0 Å². The second-order valence-corrected chi connectivity index (χ2v) is 7.57. The van der Waals surface area contributed by atoms with Gasteiger partial charge in [-0.25, -0.2) is 0 Å². The first-order valence-corrected chi connectivity index (χ1v) is 9.60. The van der Waals surface area contributed by atoms with E-state index < -0.39 is 11.9 Å². The molecule has 3 atom stereocenters. The van der Waals surface area contributed by atoms with E-state index in [-0.39, 0.29) is 18.0 Å². The van der Waals surface area contributed by atoms with Crippen molar-refractivity contribution in [3.8, 4) is 0 Å². The highest BCUT2D eigenvalue weighted by Crippen LogP contribution is 2.29. The van der Waals surface area contributed by atoms with Crippen LogP contribution in [0.2, 0.25) is 0 Å². The number of carbonyl (C=O) groups is 2. The molecule has 0 saturated carbocycles. The van der Waals surface area contributed by atoms with Gasteiger partial charge in [-0.1, -0.05) is 30.3 Å². The summed E-state index contributed by atoms with van der Waals surface area (Å²) < 4.78 is 2.19. The van der Waals surface area contributed by atoms with Crippen molar-refractivity contribution in [1.82, 2.24) is 9.47 Å². The predicted molar refractivity (Wildman–Crippen MR) is 105 cm³/mol. The van der Waals surface area contributed by atoms with Crippen LogP contribution in [0.1, 0.15) is 60.0 Å². The van der Waals surface area contributed by atoms with Crippen LogP contribution < -0.4 is 0 Å². The summed E-state index contributed by atoms with van der Waals surface area (Å²) in [6.07, 6.45) is 1.36. The minimum absolute atomic E-state index is 0.0620. The molecule has 1 unspecified atom stereocenters. The second kappa shape index (κ2) is 7.59. The Hall–Kier alpha value is -2.56. The van der Waals surface area contributed by atoms with E-state index in [1.807, 2.05) is 45.0 Å². The lowest BCUT2D eigenvalue weighted by molar-refractivity contribution is -0.144. The Morgan fingerprint density at radius 2 is 1.85 bits per heavy atom. The van der Waals surface area contributed by atoms with Gasteiger partial charge in [-0.3, -0.25) is 9.59 Å². The van der Waals surface area contributed by atoms with Gasteiger partial charge in [0.25, 0.3) is 5.91 Å². The molecule has 2 heterocycles. The minimum atomic E-state index is -0.817. The molecule has 0 radical (unpaired) electrons. The van der Waals surface area contributed by atoms with Gasteiger partial charge in [-0.05, 0) is 52.2 Å². The second-order valence-electron chi connectivity index (χ2n) is 7.57. The van der Waals surface area contributed by atoms with Crippen molar-refractivity contribution < 1.29 is 14.7 Å². The van der Waals surface area contributed by atoms with Crippen molar-refractivity contribution in [1.29, 1.82) is 0 Å². The monoisotopic (exact) mass is 368 g/mol. The normalized spacial score (nSPS) is 21.1. The van der Waals surface area contributed by atoms with Crippen LogP contribution in [-0.2, 0) is 4.79 Å². The van der Waals surface area contributed by atoms with Crippen molar-refractivity contribution in [3.63, 3.8) is 0 Å². The summed E-state index contributed by atoms with van der Waals surface area (Å²) in [6, 6.07) is 12.0. The summed E-state index contributed by atoms with van der Waals surface area (Å²) in [4.78, 5) is 26.5. The lowest BCUT2D eigenvalue weighted by Gasteiger charge is -2.37. The smallest absolute Gasteiger partial charge is 0.308 e. The van der Waals surface area contributed by atoms with E-state index in [0.29, 0.717) is 18.5 Å². The average Bonchev–Trinajstić information content (AvgIpc) is 2.95. The molecule has 5 nitrogen and oxygen atoms in total. The number of carboxylic acid groups (broad SMARTS) is 1. The Morgan fingerprint density at radius 3 is 2.48 bits per heavy atom. The number of carbonyl (C=O) groups excluding carboxylic acids is 1. The lowest BCUT2D eigenvalue weighted by Crippen LogP contribution is -2.49. The number of hydrogen-bond acceptors (Lipinski definition) is 2. The van der Waals surface area contributed by atoms with Crippen molar-refractivity contribution in [2.24, 2.45) is 5.92 Å². The maximum Gasteiger partial charge on any atom is 0.308 e. The highest BCUT2D eigenvalue weighted by molar-refractivity contribution is 5.96. The molecule has 1 aromatic carbocycles. The van der Waals surface area contributed by atoms with Crippen LogP contribution in [0, 0.1) is 19.8 Å². The van der Waals surface area contributed by atoms with E-state index in [1.54, 1.807) is 4.90 Å². The van der Waals surface area contributed by atoms with Gasteiger partial charge in [-0.2, -0.15) is 0 Å². The largest absolute Gasteiger partial charge is 0.481 e. The summed E-state index contributed by atoms with van der Waals surface area (Å²) in [5.74, 6) is -1.37. The van der Waals surface area contributed by atoms with E-state index in [1.165, 1.54) is 5.56 Å². The molecule has 0 aliphatic carbocycles. The molecular formula is C22H28N2O3. The van der Waals surface area contributed by atoms with Gasteiger partial charge >= 0.3 is 5.97 Å². The number of benzene rings is 1.